The molecule has 35 heavy (non-hydrogen) atoms. The van der Waals surface area contributed by atoms with E-state index in [0.29, 0.717) is 5.69 Å². The van der Waals surface area contributed by atoms with Crippen molar-refractivity contribution in [3.63, 3.8) is 0 Å². The van der Waals surface area contributed by atoms with Gasteiger partial charge in [0.05, 0.1) is 23.3 Å². The number of benzene rings is 3. The molecule has 174 valence electrons. The smallest absolute Gasteiger partial charge is 0.190 e. The predicted molar refractivity (Wildman–Crippen MR) is 148 cm³/mol. The SMILES string of the molecule is [C-]#[N+]c1ccnc(-c2ccc(-n3c4ccc(C(C)(C)C)cc4c4cc(C(C)(C)C)ccc43)cc2)c1. The lowest BCUT2D eigenvalue weighted by Crippen LogP contribution is -2.10. The Morgan fingerprint density at radius 1 is 0.686 bits per heavy atom. The highest BCUT2D eigenvalue weighted by Crippen LogP contribution is 2.37. The molecule has 0 spiro atoms. The highest BCUT2D eigenvalue weighted by atomic mass is 15.0. The lowest BCUT2D eigenvalue weighted by atomic mass is 9.85. The van der Waals surface area contributed by atoms with Gasteiger partial charge >= 0.3 is 0 Å². The van der Waals surface area contributed by atoms with Crippen LogP contribution in [0.3, 0.4) is 0 Å². The van der Waals surface area contributed by atoms with Gasteiger partial charge in [-0.1, -0.05) is 65.8 Å². The zero-order chi connectivity index (χ0) is 25.0. The van der Waals surface area contributed by atoms with E-state index in [-0.39, 0.29) is 10.8 Å². The minimum absolute atomic E-state index is 0.0821. The lowest BCUT2D eigenvalue weighted by Gasteiger charge is -2.19. The average Bonchev–Trinajstić information content (AvgIpc) is 3.16. The molecule has 0 fully saturated rings. The average molecular weight is 458 g/mol. The van der Waals surface area contributed by atoms with E-state index in [0.717, 1.165) is 16.9 Å². The maximum absolute atomic E-state index is 7.29. The molecule has 0 radical (unpaired) electrons. The first kappa shape index (κ1) is 22.9. The summed E-state index contributed by atoms with van der Waals surface area (Å²) >= 11 is 0. The highest BCUT2D eigenvalue weighted by molar-refractivity contribution is 6.09. The molecule has 5 rings (SSSR count). The third-order valence-corrected chi connectivity index (χ3v) is 6.79. The van der Waals surface area contributed by atoms with E-state index in [2.05, 4.69) is 117 Å². The number of pyridine rings is 1. The quantitative estimate of drug-likeness (QED) is 0.242. The van der Waals surface area contributed by atoms with Crippen LogP contribution >= 0.6 is 0 Å². The van der Waals surface area contributed by atoms with Crippen molar-refractivity contribution in [3.8, 4) is 16.9 Å². The van der Waals surface area contributed by atoms with E-state index < -0.39 is 0 Å². The fraction of sp³-hybridized carbons (Fsp3) is 0.250. The molecule has 0 saturated carbocycles. The van der Waals surface area contributed by atoms with Crippen LogP contribution in [0.15, 0.2) is 79.0 Å². The number of hydrogen-bond acceptors (Lipinski definition) is 1. The van der Waals surface area contributed by atoms with E-state index >= 15 is 0 Å². The van der Waals surface area contributed by atoms with Crippen molar-refractivity contribution in [2.75, 3.05) is 0 Å². The van der Waals surface area contributed by atoms with Gasteiger partial charge in [0, 0.05) is 22.7 Å². The molecule has 0 aliphatic rings. The Morgan fingerprint density at radius 3 is 1.71 bits per heavy atom. The van der Waals surface area contributed by atoms with Crippen molar-refractivity contribution in [1.29, 1.82) is 0 Å². The molecular weight excluding hydrogens is 426 g/mol. The summed E-state index contributed by atoms with van der Waals surface area (Å²) in [5, 5.41) is 2.57. The van der Waals surface area contributed by atoms with E-state index in [1.807, 2.05) is 6.07 Å². The van der Waals surface area contributed by atoms with Crippen LogP contribution in [0, 0.1) is 6.57 Å². The molecule has 0 amide bonds. The van der Waals surface area contributed by atoms with Crippen LogP contribution in [0.5, 0.6) is 0 Å². The van der Waals surface area contributed by atoms with Gasteiger partial charge in [0.2, 0.25) is 0 Å². The molecule has 5 aromatic rings. The molecule has 0 atom stereocenters. The highest BCUT2D eigenvalue weighted by Gasteiger charge is 2.20. The molecule has 0 unspecified atom stereocenters. The van der Waals surface area contributed by atoms with Crippen LogP contribution in [0.2, 0.25) is 0 Å². The standard InChI is InChI=1S/C32H31N3/c1-31(2,3)22-10-14-29-26(18-22)27-19-23(32(4,5)6)11-15-30(27)35(29)25-12-8-21(9-13-25)28-20-24(33-7)16-17-34-28/h8-20H,1-6H3. The van der Waals surface area contributed by atoms with Crippen molar-refractivity contribution in [2.24, 2.45) is 0 Å². The van der Waals surface area contributed by atoms with E-state index in [9.17, 15) is 0 Å². The van der Waals surface area contributed by atoms with Crippen LogP contribution in [-0.2, 0) is 10.8 Å². The second kappa shape index (κ2) is 8.10. The van der Waals surface area contributed by atoms with Gasteiger partial charge in [0.1, 0.15) is 0 Å². The molecule has 3 aromatic carbocycles. The molecule has 2 heterocycles. The van der Waals surface area contributed by atoms with Crippen molar-refractivity contribution in [1.82, 2.24) is 9.55 Å². The monoisotopic (exact) mass is 457 g/mol. The van der Waals surface area contributed by atoms with Crippen molar-refractivity contribution >= 4 is 27.5 Å². The van der Waals surface area contributed by atoms with Crippen LogP contribution in [0.4, 0.5) is 5.69 Å². The third-order valence-electron chi connectivity index (χ3n) is 6.79. The first-order valence-corrected chi connectivity index (χ1v) is 12.1. The van der Waals surface area contributed by atoms with Gasteiger partial charge in [-0.3, -0.25) is 4.98 Å². The van der Waals surface area contributed by atoms with E-state index in [1.165, 1.54) is 32.9 Å². The summed E-state index contributed by atoms with van der Waals surface area (Å²) in [4.78, 5) is 8.00. The van der Waals surface area contributed by atoms with Crippen LogP contribution in [-0.4, -0.2) is 9.55 Å². The van der Waals surface area contributed by atoms with Gasteiger partial charge in [-0.2, -0.15) is 0 Å². The number of rotatable bonds is 2. The number of fused-ring (bicyclic) bond motifs is 3. The van der Waals surface area contributed by atoms with Gasteiger partial charge in [-0.25, -0.2) is 4.85 Å². The second-order valence-corrected chi connectivity index (χ2v) is 11.4. The molecular formula is C32H31N3. The summed E-state index contributed by atoms with van der Waals surface area (Å²) in [6.07, 6.45) is 1.70. The normalized spacial score (nSPS) is 12.3. The Bertz CT molecular complexity index is 1530. The van der Waals surface area contributed by atoms with Gasteiger partial charge in [-0.15, -0.1) is 0 Å². The number of aromatic nitrogens is 2. The maximum Gasteiger partial charge on any atom is 0.190 e. The summed E-state index contributed by atoms with van der Waals surface area (Å²) in [6, 6.07) is 25.8. The summed E-state index contributed by atoms with van der Waals surface area (Å²) in [7, 11) is 0. The second-order valence-electron chi connectivity index (χ2n) is 11.4. The minimum atomic E-state index is 0.0821. The fourth-order valence-corrected chi connectivity index (χ4v) is 4.66. The summed E-state index contributed by atoms with van der Waals surface area (Å²) in [6.45, 7) is 20.9. The molecule has 2 aromatic heterocycles. The van der Waals surface area contributed by atoms with Crippen molar-refractivity contribution in [3.05, 3.63) is 102 Å². The van der Waals surface area contributed by atoms with Gasteiger partial charge in [0.15, 0.2) is 5.69 Å². The third kappa shape index (κ3) is 4.10. The van der Waals surface area contributed by atoms with Crippen LogP contribution < -0.4 is 0 Å². The summed E-state index contributed by atoms with van der Waals surface area (Å²) in [5.41, 5.74) is 8.80. The fourth-order valence-electron chi connectivity index (χ4n) is 4.66. The maximum atomic E-state index is 7.29. The van der Waals surface area contributed by atoms with Crippen molar-refractivity contribution < 1.29 is 0 Å². The zero-order valence-electron chi connectivity index (χ0n) is 21.3. The minimum Gasteiger partial charge on any atom is -0.309 e. The first-order valence-electron chi connectivity index (χ1n) is 12.1. The summed E-state index contributed by atoms with van der Waals surface area (Å²) in [5.74, 6) is 0. The first-order chi connectivity index (χ1) is 16.6. The summed E-state index contributed by atoms with van der Waals surface area (Å²) < 4.78 is 2.36. The van der Waals surface area contributed by atoms with Gasteiger partial charge < -0.3 is 4.57 Å². The van der Waals surface area contributed by atoms with Crippen molar-refractivity contribution in [2.45, 2.75) is 52.4 Å². The Hall–Kier alpha value is -3.90. The van der Waals surface area contributed by atoms with Gasteiger partial charge in [0.25, 0.3) is 0 Å². The number of hydrogen-bond donors (Lipinski definition) is 0. The Labute approximate surface area is 207 Å². The van der Waals surface area contributed by atoms with Crippen LogP contribution in [0.25, 0.3) is 43.6 Å². The van der Waals surface area contributed by atoms with Crippen LogP contribution in [0.1, 0.15) is 52.7 Å². The van der Waals surface area contributed by atoms with E-state index in [4.69, 9.17) is 6.57 Å². The topological polar surface area (TPSA) is 22.2 Å². The zero-order valence-corrected chi connectivity index (χ0v) is 21.3. The largest absolute Gasteiger partial charge is 0.309 e. The molecule has 0 bridgehead atoms. The Balaban J connectivity index is 1.72. The Kier molecular flexibility index (Phi) is 5.29. The molecule has 0 aliphatic heterocycles. The van der Waals surface area contributed by atoms with E-state index in [1.54, 1.807) is 12.3 Å². The lowest BCUT2D eigenvalue weighted by molar-refractivity contribution is 0.590. The molecule has 0 saturated heterocycles. The molecule has 0 N–H and O–H groups in total. The molecule has 0 aliphatic carbocycles. The van der Waals surface area contributed by atoms with Gasteiger partial charge in [-0.05, 0) is 76.1 Å². The number of nitrogens with zero attached hydrogens (tertiary/aromatic N) is 3. The predicted octanol–water partition coefficient (Wildman–Crippen LogP) is 8.99. The molecule has 3 heteroatoms. The Morgan fingerprint density at radius 2 is 1.23 bits per heavy atom. The molecule has 3 nitrogen and oxygen atoms in total.